The molecule has 2 atom stereocenters. The molecule has 190 valence electrons. The third-order valence-corrected chi connectivity index (χ3v) is 6.82. The number of rotatable bonds is 11. The molecule has 0 heterocycles. The lowest BCUT2D eigenvalue weighted by atomic mass is 9.74. The SMILES string of the molecule is CCCN(CCC)[C@H](C(=O)OCOC(=O)N(C)[C@]1(c2ccccc2Cl)CCCCC1=O)C(C)C. The molecule has 0 aliphatic heterocycles. The summed E-state index contributed by atoms with van der Waals surface area (Å²) < 4.78 is 10.7. The van der Waals surface area contributed by atoms with Crippen molar-refractivity contribution in [2.75, 3.05) is 26.9 Å². The van der Waals surface area contributed by atoms with Gasteiger partial charge >= 0.3 is 12.1 Å². The normalized spacial score (nSPS) is 19.2. The molecule has 7 nitrogen and oxygen atoms in total. The standard InChI is InChI=1S/C26H39ClN2O5/c1-6-16-29(17-7-2)23(19(3)4)24(31)33-18-34-25(32)28(5)26(15-11-10-14-22(26)30)20-12-8-9-13-21(20)27/h8-9,12-13,19,23H,6-7,10-11,14-18H2,1-5H3/t23-,26-/m0/s1. The molecule has 0 saturated heterocycles. The van der Waals surface area contributed by atoms with Crippen molar-refractivity contribution in [2.24, 2.45) is 5.92 Å². The van der Waals surface area contributed by atoms with Gasteiger partial charge in [0, 0.05) is 24.1 Å². The molecule has 1 amide bonds. The van der Waals surface area contributed by atoms with Crippen molar-refractivity contribution in [2.45, 2.75) is 77.8 Å². The minimum atomic E-state index is -1.20. The first kappa shape index (κ1) is 28.1. The van der Waals surface area contributed by atoms with Crippen molar-refractivity contribution >= 4 is 29.4 Å². The number of nitrogens with zero attached hydrogens (tertiary/aromatic N) is 2. The molecule has 1 saturated carbocycles. The zero-order chi connectivity index (χ0) is 25.3. The Morgan fingerprint density at radius 3 is 2.29 bits per heavy atom. The van der Waals surface area contributed by atoms with E-state index in [0.717, 1.165) is 38.8 Å². The predicted molar refractivity (Wildman–Crippen MR) is 133 cm³/mol. The summed E-state index contributed by atoms with van der Waals surface area (Å²) in [5, 5.41) is 0.426. The Labute approximate surface area is 208 Å². The fraction of sp³-hybridized carbons (Fsp3) is 0.654. The van der Waals surface area contributed by atoms with Gasteiger partial charge in [0.1, 0.15) is 11.6 Å². The zero-order valence-electron chi connectivity index (χ0n) is 21.1. The molecule has 2 rings (SSSR count). The second kappa shape index (κ2) is 13.1. The van der Waals surface area contributed by atoms with Gasteiger partial charge in [-0.25, -0.2) is 4.79 Å². The fourth-order valence-corrected chi connectivity index (χ4v) is 5.20. The van der Waals surface area contributed by atoms with E-state index in [1.54, 1.807) is 24.3 Å². The van der Waals surface area contributed by atoms with Crippen LogP contribution < -0.4 is 0 Å². The van der Waals surface area contributed by atoms with E-state index in [2.05, 4.69) is 18.7 Å². The smallest absolute Gasteiger partial charge is 0.413 e. The third kappa shape index (κ3) is 6.30. The van der Waals surface area contributed by atoms with Gasteiger partial charge in [0.05, 0.1) is 0 Å². The maximum Gasteiger partial charge on any atom is 0.413 e. The number of amides is 1. The van der Waals surface area contributed by atoms with Crippen molar-refractivity contribution in [1.82, 2.24) is 9.80 Å². The van der Waals surface area contributed by atoms with Gasteiger partial charge in [0.2, 0.25) is 6.79 Å². The Kier molecular flexibility index (Phi) is 10.8. The topological polar surface area (TPSA) is 76.2 Å². The molecular formula is C26H39ClN2O5. The highest BCUT2D eigenvalue weighted by Gasteiger charge is 2.48. The highest BCUT2D eigenvalue weighted by atomic mass is 35.5. The Morgan fingerprint density at radius 1 is 1.09 bits per heavy atom. The molecule has 1 aliphatic rings. The van der Waals surface area contributed by atoms with Crippen LogP contribution in [0.1, 0.15) is 71.8 Å². The van der Waals surface area contributed by atoms with Crippen LogP contribution in [-0.4, -0.2) is 60.6 Å². The second-order valence-electron chi connectivity index (χ2n) is 9.25. The summed E-state index contributed by atoms with van der Waals surface area (Å²) in [6, 6.07) is 6.67. The Hall–Kier alpha value is -2.12. The van der Waals surface area contributed by atoms with Gasteiger partial charge in [0.25, 0.3) is 0 Å². The molecule has 1 fully saturated rings. The molecule has 0 aromatic heterocycles. The molecule has 1 aliphatic carbocycles. The van der Waals surface area contributed by atoms with Gasteiger partial charge in [0.15, 0.2) is 5.78 Å². The summed E-state index contributed by atoms with van der Waals surface area (Å²) >= 11 is 6.45. The summed E-state index contributed by atoms with van der Waals surface area (Å²) in [5.74, 6) is -0.438. The number of benzene rings is 1. The van der Waals surface area contributed by atoms with Crippen LogP contribution in [0, 0.1) is 5.92 Å². The van der Waals surface area contributed by atoms with Gasteiger partial charge in [-0.15, -0.1) is 0 Å². The number of hydrogen-bond donors (Lipinski definition) is 0. The van der Waals surface area contributed by atoms with E-state index in [1.165, 1.54) is 11.9 Å². The summed E-state index contributed by atoms with van der Waals surface area (Å²) in [5.41, 5.74) is -0.607. The number of ketones is 1. The van der Waals surface area contributed by atoms with E-state index in [4.69, 9.17) is 21.1 Å². The third-order valence-electron chi connectivity index (χ3n) is 6.49. The number of likely N-dealkylation sites (N-methyl/N-ethyl adjacent to an activating group) is 1. The molecule has 34 heavy (non-hydrogen) atoms. The number of hydrogen-bond acceptors (Lipinski definition) is 6. The van der Waals surface area contributed by atoms with Crippen molar-refractivity contribution in [3.63, 3.8) is 0 Å². The van der Waals surface area contributed by atoms with Crippen LogP contribution in [0.3, 0.4) is 0 Å². The van der Waals surface area contributed by atoms with Crippen molar-refractivity contribution in [3.8, 4) is 0 Å². The quantitative estimate of drug-likeness (QED) is 0.303. The molecule has 0 radical (unpaired) electrons. The van der Waals surface area contributed by atoms with Crippen LogP contribution >= 0.6 is 11.6 Å². The maximum absolute atomic E-state index is 13.2. The largest absolute Gasteiger partial charge is 0.427 e. The van der Waals surface area contributed by atoms with Gasteiger partial charge in [-0.1, -0.05) is 57.5 Å². The first-order valence-corrected chi connectivity index (χ1v) is 12.7. The molecule has 0 spiro atoms. The average molecular weight is 495 g/mol. The van der Waals surface area contributed by atoms with Crippen LogP contribution in [-0.2, 0) is 24.6 Å². The first-order chi connectivity index (χ1) is 16.2. The van der Waals surface area contributed by atoms with Gasteiger partial charge < -0.3 is 9.47 Å². The van der Waals surface area contributed by atoms with Gasteiger partial charge in [-0.05, 0) is 57.2 Å². The number of carbonyl (C=O) groups excluding carboxylic acids is 3. The molecular weight excluding hydrogens is 456 g/mol. The van der Waals surface area contributed by atoms with Crippen LogP contribution in [0.2, 0.25) is 5.02 Å². The monoisotopic (exact) mass is 494 g/mol. The Morgan fingerprint density at radius 2 is 1.74 bits per heavy atom. The minimum absolute atomic E-state index is 0.0485. The van der Waals surface area contributed by atoms with Crippen LogP contribution in [0.4, 0.5) is 4.79 Å². The van der Waals surface area contributed by atoms with Crippen molar-refractivity contribution < 1.29 is 23.9 Å². The number of Topliss-reactive ketones (excluding diaryl/α,β-unsaturated/α-hetero) is 1. The molecule has 1 aromatic rings. The highest BCUT2D eigenvalue weighted by Crippen LogP contribution is 2.42. The minimum Gasteiger partial charge on any atom is -0.427 e. The average Bonchev–Trinajstić information content (AvgIpc) is 2.79. The Balaban J connectivity index is 2.12. The predicted octanol–water partition coefficient (Wildman–Crippen LogP) is 5.39. The Bertz CT molecular complexity index is 840. The zero-order valence-corrected chi connectivity index (χ0v) is 21.9. The first-order valence-electron chi connectivity index (χ1n) is 12.3. The van der Waals surface area contributed by atoms with Crippen molar-refractivity contribution in [3.05, 3.63) is 34.9 Å². The molecule has 0 unspecified atom stereocenters. The van der Waals surface area contributed by atoms with Crippen LogP contribution in [0.15, 0.2) is 24.3 Å². The molecule has 8 heteroatoms. The van der Waals surface area contributed by atoms with E-state index in [-0.39, 0.29) is 11.7 Å². The summed E-state index contributed by atoms with van der Waals surface area (Å²) in [4.78, 5) is 42.5. The van der Waals surface area contributed by atoms with E-state index in [9.17, 15) is 14.4 Å². The molecule has 0 bridgehead atoms. The summed E-state index contributed by atoms with van der Waals surface area (Å²) in [6.45, 7) is 9.17. The number of halogens is 1. The lowest BCUT2D eigenvalue weighted by Crippen LogP contribution is -2.54. The van der Waals surface area contributed by atoms with Crippen LogP contribution in [0.5, 0.6) is 0 Å². The van der Waals surface area contributed by atoms with Gasteiger partial charge in [-0.3, -0.25) is 19.4 Å². The van der Waals surface area contributed by atoms with E-state index in [1.807, 2.05) is 13.8 Å². The van der Waals surface area contributed by atoms with Crippen LogP contribution in [0.25, 0.3) is 0 Å². The lowest BCUT2D eigenvalue weighted by Gasteiger charge is -2.43. The summed E-state index contributed by atoms with van der Waals surface area (Å²) in [6.07, 6.45) is 3.49. The molecule has 0 N–H and O–H groups in total. The van der Waals surface area contributed by atoms with Gasteiger partial charge in [-0.2, -0.15) is 0 Å². The molecule has 1 aromatic carbocycles. The summed E-state index contributed by atoms with van der Waals surface area (Å²) in [7, 11) is 1.54. The fourth-order valence-electron chi connectivity index (χ4n) is 4.91. The highest BCUT2D eigenvalue weighted by molar-refractivity contribution is 6.31. The number of esters is 1. The lowest BCUT2D eigenvalue weighted by molar-refractivity contribution is -0.161. The number of carbonyl (C=O) groups is 3. The maximum atomic E-state index is 13.2. The van der Waals surface area contributed by atoms with E-state index in [0.29, 0.717) is 23.4 Å². The van der Waals surface area contributed by atoms with E-state index < -0.39 is 30.4 Å². The second-order valence-corrected chi connectivity index (χ2v) is 9.65. The number of ether oxygens (including phenoxy) is 2. The van der Waals surface area contributed by atoms with E-state index >= 15 is 0 Å². The van der Waals surface area contributed by atoms with Crippen molar-refractivity contribution in [1.29, 1.82) is 0 Å².